The van der Waals surface area contributed by atoms with Gasteiger partial charge < -0.3 is 5.32 Å². The van der Waals surface area contributed by atoms with Gasteiger partial charge in [-0.2, -0.15) is 0 Å². The summed E-state index contributed by atoms with van der Waals surface area (Å²) in [7, 11) is 0. The van der Waals surface area contributed by atoms with Gasteiger partial charge >= 0.3 is 0 Å². The van der Waals surface area contributed by atoms with E-state index in [0.717, 1.165) is 12.8 Å². The third-order valence-corrected chi connectivity index (χ3v) is 3.04. The summed E-state index contributed by atoms with van der Waals surface area (Å²) in [5.74, 6) is 0.399. The molecule has 1 aromatic carbocycles. The number of halogens is 2. The molecular weight excluding hydrogens is 241 g/mol. The van der Waals surface area contributed by atoms with Crippen LogP contribution < -0.4 is 5.32 Å². The highest BCUT2D eigenvalue weighted by molar-refractivity contribution is 6.32. The minimum absolute atomic E-state index is 0.310. The van der Waals surface area contributed by atoms with Crippen molar-refractivity contribution in [1.82, 2.24) is 9.55 Å². The summed E-state index contributed by atoms with van der Waals surface area (Å²) in [6.07, 6.45) is 5.75. The quantitative estimate of drug-likeness (QED) is 0.908. The van der Waals surface area contributed by atoms with Crippen LogP contribution in [0.1, 0.15) is 12.8 Å². The fourth-order valence-electron chi connectivity index (χ4n) is 1.69. The van der Waals surface area contributed by atoms with Crippen molar-refractivity contribution in [2.75, 3.05) is 5.32 Å². The zero-order valence-corrected chi connectivity index (χ0v) is 9.78. The van der Waals surface area contributed by atoms with Crippen molar-refractivity contribution >= 4 is 17.5 Å². The predicted octanol–water partition coefficient (Wildman–Crippen LogP) is 3.24. The SMILES string of the molecule is Fc1ccc(Cl)c(-n2ccnc2NC2CC2)c1. The number of aromatic nitrogens is 2. The van der Waals surface area contributed by atoms with Crippen molar-refractivity contribution in [3.8, 4) is 5.69 Å². The third kappa shape index (κ3) is 2.13. The summed E-state index contributed by atoms with van der Waals surface area (Å²) in [4.78, 5) is 4.21. The number of nitrogens with zero attached hydrogens (tertiary/aromatic N) is 2. The van der Waals surface area contributed by atoms with E-state index in [-0.39, 0.29) is 5.82 Å². The molecule has 1 fully saturated rings. The molecule has 1 aromatic heterocycles. The highest BCUT2D eigenvalue weighted by atomic mass is 35.5. The van der Waals surface area contributed by atoms with Gasteiger partial charge in [0, 0.05) is 18.4 Å². The predicted molar refractivity (Wildman–Crippen MR) is 65.2 cm³/mol. The maximum absolute atomic E-state index is 13.2. The molecule has 0 spiro atoms. The molecule has 2 aromatic rings. The molecule has 1 aliphatic carbocycles. The Morgan fingerprint density at radius 3 is 3.00 bits per heavy atom. The Bertz CT molecular complexity index is 548. The van der Waals surface area contributed by atoms with Crippen LogP contribution >= 0.6 is 11.6 Å². The lowest BCUT2D eigenvalue weighted by molar-refractivity contribution is 0.626. The first-order chi connectivity index (χ1) is 8.24. The summed E-state index contributed by atoms with van der Waals surface area (Å²) < 4.78 is 15.0. The molecule has 0 radical (unpaired) electrons. The van der Waals surface area contributed by atoms with E-state index in [2.05, 4.69) is 10.3 Å². The molecule has 1 saturated carbocycles. The Balaban J connectivity index is 2.01. The summed E-state index contributed by atoms with van der Waals surface area (Å²) in [6.45, 7) is 0. The summed E-state index contributed by atoms with van der Waals surface area (Å²) in [6, 6.07) is 4.79. The molecule has 5 heteroatoms. The van der Waals surface area contributed by atoms with Crippen molar-refractivity contribution in [3.63, 3.8) is 0 Å². The minimum Gasteiger partial charge on any atom is -0.353 e. The minimum atomic E-state index is -0.310. The smallest absolute Gasteiger partial charge is 0.207 e. The average Bonchev–Trinajstić information content (AvgIpc) is 3.00. The van der Waals surface area contributed by atoms with E-state index in [4.69, 9.17) is 11.6 Å². The molecule has 17 heavy (non-hydrogen) atoms. The second kappa shape index (κ2) is 4.04. The first-order valence-electron chi connectivity index (χ1n) is 5.49. The number of benzene rings is 1. The zero-order valence-electron chi connectivity index (χ0n) is 9.03. The largest absolute Gasteiger partial charge is 0.353 e. The molecule has 0 aliphatic heterocycles. The second-order valence-electron chi connectivity index (χ2n) is 4.14. The van der Waals surface area contributed by atoms with Crippen LogP contribution in [0.4, 0.5) is 10.3 Å². The zero-order chi connectivity index (χ0) is 11.8. The molecule has 3 rings (SSSR count). The number of hydrogen-bond donors (Lipinski definition) is 1. The van der Waals surface area contributed by atoms with Crippen LogP contribution in [0.2, 0.25) is 5.02 Å². The van der Waals surface area contributed by atoms with Crippen molar-refractivity contribution in [1.29, 1.82) is 0 Å². The van der Waals surface area contributed by atoms with Crippen LogP contribution in [0, 0.1) is 5.82 Å². The molecule has 0 unspecified atom stereocenters. The number of rotatable bonds is 3. The topological polar surface area (TPSA) is 29.9 Å². The van der Waals surface area contributed by atoms with Crippen LogP contribution in [0.5, 0.6) is 0 Å². The number of hydrogen-bond acceptors (Lipinski definition) is 2. The van der Waals surface area contributed by atoms with Crippen molar-refractivity contribution in [2.24, 2.45) is 0 Å². The fourth-order valence-corrected chi connectivity index (χ4v) is 1.89. The summed E-state index contributed by atoms with van der Waals surface area (Å²) in [5, 5.41) is 3.78. The van der Waals surface area contributed by atoms with Crippen LogP contribution in [-0.2, 0) is 0 Å². The lowest BCUT2D eigenvalue weighted by Crippen LogP contribution is -2.08. The third-order valence-electron chi connectivity index (χ3n) is 2.72. The molecule has 3 nitrogen and oxygen atoms in total. The maximum Gasteiger partial charge on any atom is 0.207 e. The Hall–Kier alpha value is -1.55. The van der Waals surface area contributed by atoms with Gasteiger partial charge in [-0.15, -0.1) is 0 Å². The normalized spacial score (nSPS) is 14.9. The standard InChI is InChI=1S/C12H11ClFN3/c13-10-4-1-8(14)7-11(10)17-6-5-15-12(17)16-9-2-3-9/h1,4-7,9H,2-3H2,(H,15,16). The summed E-state index contributed by atoms with van der Waals surface area (Å²) >= 11 is 6.07. The summed E-state index contributed by atoms with van der Waals surface area (Å²) in [5.41, 5.74) is 0.604. The number of nitrogens with one attached hydrogen (secondary N) is 1. The number of imidazole rings is 1. The molecule has 88 valence electrons. The van der Waals surface area contributed by atoms with Crippen LogP contribution in [0.15, 0.2) is 30.6 Å². The Labute approximate surface area is 103 Å². The molecule has 0 bridgehead atoms. The van der Waals surface area contributed by atoms with Gasteiger partial charge in [-0.05, 0) is 31.0 Å². The monoisotopic (exact) mass is 251 g/mol. The lowest BCUT2D eigenvalue weighted by Gasteiger charge is -2.10. The lowest BCUT2D eigenvalue weighted by atomic mass is 10.3. The van der Waals surface area contributed by atoms with Crippen LogP contribution in [-0.4, -0.2) is 15.6 Å². The van der Waals surface area contributed by atoms with E-state index in [1.165, 1.54) is 12.1 Å². The van der Waals surface area contributed by atoms with Gasteiger partial charge in [0.2, 0.25) is 5.95 Å². The molecule has 1 N–H and O–H groups in total. The Kier molecular flexibility index (Phi) is 2.52. The van der Waals surface area contributed by atoms with Crippen molar-refractivity contribution < 1.29 is 4.39 Å². The molecule has 1 heterocycles. The molecule has 0 atom stereocenters. The maximum atomic E-state index is 13.2. The van der Waals surface area contributed by atoms with Crippen LogP contribution in [0.3, 0.4) is 0 Å². The molecule has 0 amide bonds. The van der Waals surface area contributed by atoms with Gasteiger partial charge in [0.25, 0.3) is 0 Å². The first kappa shape index (κ1) is 10.6. The van der Waals surface area contributed by atoms with E-state index in [9.17, 15) is 4.39 Å². The van der Waals surface area contributed by atoms with Crippen molar-refractivity contribution in [2.45, 2.75) is 18.9 Å². The average molecular weight is 252 g/mol. The van der Waals surface area contributed by atoms with Crippen LogP contribution in [0.25, 0.3) is 5.69 Å². The van der Waals surface area contributed by atoms with E-state index in [0.29, 0.717) is 22.7 Å². The highest BCUT2D eigenvalue weighted by Crippen LogP contribution is 2.28. The van der Waals surface area contributed by atoms with Gasteiger partial charge in [-0.3, -0.25) is 4.57 Å². The molecular formula is C12H11ClFN3. The van der Waals surface area contributed by atoms with Gasteiger partial charge in [-0.1, -0.05) is 11.6 Å². The van der Waals surface area contributed by atoms with E-state index < -0.39 is 0 Å². The Morgan fingerprint density at radius 2 is 2.24 bits per heavy atom. The van der Waals surface area contributed by atoms with E-state index >= 15 is 0 Å². The number of anilines is 1. The van der Waals surface area contributed by atoms with Gasteiger partial charge in [0.1, 0.15) is 5.82 Å². The molecule has 0 saturated heterocycles. The Morgan fingerprint density at radius 1 is 1.41 bits per heavy atom. The van der Waals surface area contributed by atoms with E-state index in [1.807, 2.05) is 0 Å². The van der Waals surface area contributed by atoms with Gasteiger partial charge in [0.05, 0.1) is 10.7 Å². The van der Waals surface area contributed by atoms with Crippen molar-refractivity contribution in [3.05, 3.63) is 41.4 Å². The molecule has 1 aliphatic rings. The fraction of sp³-hybridized carbons (Fsp3) is 0.250. The van der Waals surface area contributed by atoms with E-state index in [1.54, 1.807) is 23.0 Å². The highest BCUT2D eigenvalue weighted by Gasteiger charge is 2.23. The van der Waals surface area contributed by atoms with Gasteiger partial charge in [0.15, 0.2) is 0 Å². The first-order valence-corrected chi connectivity index (χ1v) is 5.87. The van der Waals surface area contributed by atoms with Gasteiger partial charge in [-0.25, -0.2) is 9.37 Å². The second-order valence-corrected chi connectivity index (χ2v) is 4.54.